The van der Waals surface area contributed by atoms with Crippen LogP contribution in [0.1, 0.15) is 72.6 Å². The minimum Gasteiger partial charge on any atom is -0.481 e. The summed E-state index contributed by atoms with van der Waals surface area (Å²) in [4.78, 5) is 49.7. The zero-order valence-electron chi connectivity index (χ0n) is 19.3. The highest BCUT2D eigenvalue weighted by molar-refractivity contribution is 5.96. The fraction of sp³-hybridized carbons (Fsp3) is 0.833. The molecule has 0 aliphatic heterocycles. The maximum Gasteiger partial charge on any atom is 0.309 e. The van der Waals surface area contributed by atoms with Gasteiger partial charge in [-0.1, -0.05) is 13.3 Å². The van der Waals surface area contributed by atoms with E-state index < -0.39 is 58.4 Å². The molecule has 4 aliphatic carbocycles. The third-order valence-electron chi connectivity index (χ3n) is 9.48. The van der Waals surface area contributed by atoms with Crippen LogP contribution in [0.15, 0.2) is 0 Å². The number of aliphatic carboxylic acids is 1. The molecule has 4 saturated carbocycles. The number of hydrogen-bond donors (Lipinski definition) is 2. The quantitative estimate of drug-likeness (QED) is 0.626. The summed E-state index contributed by atoms with van der Waals surface area (Å²) in [5.41, 5.74) is -4.17. The van der Waals surface area contributed by atoms with Crippen molar-refractivity contribution in [1.29, 1.82) is 0 Å². The van der Waals surface area contributed by atoms with Crippen molar-refractivity contribution in [1.82, 2.24) is 0 Å². The fourth-order valence-electron chi connectivity index (χ4n) is 8.38. The number of esters is 2. The lowest BCUT2D eigenvalue weighted by Gasteiger charge is -2.63. The second-order valence-electron chi connectivity index (χ2n) is 11.1. The SMILES string of the molecule is CC(=O)OC[C@]1(O)C(=O)[C@@]23CC[C@H]4[C@@](C)(CCC[C@@]4(C)C(=O)O)[C@@H]2[C@@H](OC(C)=O)C[C@H]1C3. The average molecular weight is 451 g/mol. The Morgan fingerprint density at radius 1 is 1.09 bits per heavy atom. The zero-order valence-corrected chi connectivity index (χ0v) is 19.3. The summed E-state index contributed by atoms with van der Waals surface area (Å²) in [6.45, 7) is 6.02. The standard InChI is InChI=1S/C24H34O8/c1-13(25)31-12-24(30)15-10-16(32-14(2)26)18-21(3)7-5-8-22(4,20(28)29)17(21)6-9-23(18,11-15)19(24)27/h15-18,30H,5-12H2,1-4H3,(H,28,29)/t15-,16-,17-,18-,21+,22+,23+,24+/m0/s1. The van der Waals surface area contributed by atoms with Gasteiger partial charge in [-0.2, -0.15) is 0 Å². The van der Waals surface area contributed by atoms with Crippen molar-refractivity contribution in [3.63, 3.8) is 0 Å². The molecule has 4 aliphatic rings. The molecule has 2 N–H and O–H groups in total. The minimum atomic E-state index is -1.81. The van der Waals surface area contributed by atoms with Crippen molar-refractivity contribution < 1.29 is 38.9 Å². The van der Waals surface area contributed by atoms with Crippen molar-refractivity contribution in [2.24, 2.45) is 34.0 Å². The van der Waals surface area contributed by atoms with Crippen LogP contribution in [0, 0.1) is 34.0 Å². The van der Waals surface area contributed by atoms with E-state index >= 15 is 0 Å². The van der Waals surface area contributed by atoms with Gasteiger partial charge in [0.1, 0.15) is 12.7 Å². The first-order valence-electron chi connectivity index (χ1n) is 11.6. The number of carbonyl (C=O) groups is 4. The third-order valence-corrected chi connectivity index (χ3v) is 9.48. The first-order chi connectivity index (χ1) is 14.8. The van der Waals surface area contributed by atoms with E-state index in [2.05, 4.69) is 6.92 Å². The number of rotatable bonds is 4. The predicted molar refractivity (Wildman–Crippen MR) is 111 cm³/mol. The van der Waals surface area contributed by atoms with Gasteiger partial charge in [0.05, 0.1) is 5.41 Å². The lowest BCUT2D eigenvalue weighted by atomic mass is 9.40. The lowest BCUT2D eigenvalue weighted by molar-refractivity contribution is -0.208. The molecule has 0 saturated heterocycles. The second-order valence-corrected chi connectivity index (χ2v) is 11.1. The monoisotopic (exact) mass is 450 g/mol. The summed E-state index contributed by atoms with van der Waals surface area (Å²) in [6.07, 6.45) is 3.18. The van der Waals surface area contributed by atoms with Gasteiger partial charge in [-0.3, -0.25) is 19.2 Å². The number of Topliss-reactive ketones (excluding diaryl/α,β-unsaturated/α-hetero) is 1. The van der Waals surface area contributed by atoms with E-state index in [0.29, 0.717) is 38.5 Å². The largest absolute Gasteiger partial charge is 0.481 e. The maximum atomic E-state index is 13.9. The molecule has 0 aromatic carbocycles. The van der Waals surface area contributed by atoms with Gasteiger partial charge in [0.15, 0.2) is 11.4 Å². The van der Waals surface area contributed by atoms with Crippen molar-refractivity contribution >= 4 is 23.7 Å². The molecule has 0 amide bonds. The molecule has 0 aromatic rings. The van der Waals surface area contributed by atoms with Crippen molar-refractivity contribution in [3.8, 4) is 0 Å². The average Bonchev–Trinajstić information content (AvgIpc) is 2.84. The molecule has 0 unspecified atom stereocenters. The number of carbonyl (C=O) groups excluding carboxylic acids is 3. The summed E-state index contributed by atoms with van der Waals surface area (Å²) in [6, 6.07) is 0. The summed E-state index contributed by atoms with van der Waals surface area (Å²) < 4.78 is 10.9. The molecule has 32 heavy (non-hydrogen) atoms. The van der Waals surface area contributed by atoms with Gasteiger partial charge >= 0.3 is 17.9 Å². The van der Waals surface area contributed by atoms with Crippen molar-refractivity contribution in [2.75, 3.05) is 6.61 Å². The van der Waals surface area contributed by atoms with Gasteiger partial charge in [0.25, 0.3) is 0 Å². The normalized spacial score (nSPS) is 47.2. The molecule has 178 valence electrons. The number of ether oxygens (including phenoxy) is 2. The van der Waals surface area contributed by atoms with Crippen LogP contribution in [-0.4, -0.2) is 52.2 Å². The molecule has 0 radical (unpaired) electrons. The second kappa shape index (κ2) is 7.27. The van der Waals surface area contributed by atoms with Gasteiger partial charge in [0, 0.05) is 31.1 Å². The highest BCUT2D eigenvalue weighted by Crippen LogP contribution is 2.72. The molecule has 8 heteroatoms. The topological polar surface area (TPSA) is 127 Å². The first-order valence-corrected chi connectivity index (χ1v) is 11.6. The Morgan fingerprint density at radius 3 is 2.38 bits per heavy atom. The van der Waals surface area contributed by atoms with Gasteiger partial charge in [0.2, 0.25) is 0 Å². The van der Waals surface area contributed by atoms with Crippen molar-refractivity contribution in [3.05, 3.63) is 0 Å². The zero-order chi connectivity index (χ0) is 23.7. The van der Waals surface area contributed by atoms with Crippen LogP contribution in [0.2, 0.25) is 0 Å². The summed E-state index contributed by atoms with van der Waals surface area (Å²) in [5, 5.41) is 21.6. The predicted octanol–water partition coefficient (Wildman–Crippen LogP) is 2.50. The van der Waals surface area contributed by atoms with Crippen LogP contribution < -0.4 is 0 Å². The van der Waals surface area contributed by atoms with Crippen molar-refractivity contribution in [2.45, 2.75) is 84.3 Å². The Morgan fingerprint density at radius 2 is 1.78 bits per heavy atom. The fourth-order valence-corrected chi connectivity index (χ4v) is 8.38. The highest BCUT2D eigenvalue weighted by Gasteiger charge is 2.75. The van der Waals surface area contributed by atoms with E-state index in [1.165, 1.54) is 13.8 Å². The number of ketones is 1. The van der Waals surface area contributed by atoms with E-state index in [9.17, 15) is 29.4 Å². The first kappa shape index (κ1) is 23.2. The van der Waals surface area contributed by atoms with E-state index in [4.69, 9.17) is 9.47 Å². The number of carboxylic acids is 1. The molecule has 0 aromatic heterocycles. The highest BCUT2D eigenvalue weighted by atomic mass is 16.5. The molecule has 4 fully saturated rings. The van der Waals surface area contributed by atoms with Crippen LogP contribution in [0.25, 0.3) is 0 Å². The molecule has 1 spiro atoms. The van der Waals surface area contributed by atoms with Crippen LogP contribution in [0.5, 0.6) is 0 Å². The van der Waals surface area contributed by atoms with E-state index in [0.717, 1.165) is 6.42 Å². The van der Waals surface area contributed by atoms with E-state index in [-0.39, 0.29) is 17.6 Å². The number of carboxylic acid groups (broad SMARTS) is 1. The van der Waals surface area contributed by atoms with Gasteiger partial charge in [-0.25, -0.2) is 0 Å². The summed E-state index contributed by atoms with van der Waals surface area (Å²) >= 11 is 0. The van der Waals surface area contributed by atoms with Crippen LogP contribution in [0.3, 0.4) is 0 Å². The van der Waals surface area contributed by atoms with E-state index in [1.54, 1.807) is 6.92 Å². The lowest BCUT2D eigenvalue weighted by Crippen LogP contribution is -2.63. The minimum absolute atomic E-state index is 0.165. The number of fused-ring (bicyclic) bond motifs is 3. The Hall–Kier alpha value is -1.96. The van der Waals surface area contributed by atoms with Gasteiger partial charge in [-0.15, -0.1) is 0 Å². The van der Waals surface area contributed by atoms with Crippen LogP contribution in [-0.2, 0) is 28.7 Å². The van der Waals surface area contributed by atoms with Crippen LogP contribution in [0.4, 0.5) is 0 Å². The molecular weight excluding hydrogens is 416 g/mol. The molecule has 8 atom stereocenters. The molecular formula is C24H34O8. The van der Waals surface area contributed by atoms with Crippen LogP contribution >= 0.6 is 0 Å². The van der Waals surface area contributed by atoms with Gasteiger partial charge in [-0.05, 0) is 56.8 Å². The Bertz CT molecular complexity index is 868. The Kier molecular flexibility index (Phi) is 5.27. The molecule has 2 bridgehead atoms. The maximum absolute atomic E-state index is 13.9. The molecule has 0 heterocycles. The number of hydrogen-bond acceptors (Lipinski definition) is 7. The Balaban J connectivity index is 1.82. The summed E-state index contributed by atoms with van der Waals surface area (Å²) in [5.74, 6) is -3.22. The molecule has 8 nitrogen and oxygen atoms in total. The molecule has 4 rings (SSSR count). The summed E-state index contributed by atoms with van der Waals surface area (Å²) in [7, 11) is 0. The Labute approximate surface area is 188 Å². The number of aliphatic hydroxyl groups is 1. The third kappa shape index (κ3) is 2.97. The van der Waals surface area contributed by atoms with E-state index in [1.807, 2.05) is 0 Å². The smallest absolute Gasteiger partial charge is 0.309 e. The van der Waals surface area contributed by atoms with Gasteiger partial charge < -0.3 is 19.7 Å².